The van der Waals surface area contributed by atoms with Crippen LogP contribution >= 0.6 is 23.2 Å². The molecule has 1 aromatic carbocycles. The standard InChI is InChI=1S/C6H5Cl.CHClO2/c7-6-4-2-1-3-5-6;2-1(3)4/h1-5H;(H,3,4). The second-order valence-corrected chi connectivity index (χ2v) is 2.31. The number of benzene rings is 1. The van der Waals surface area contributed by atoms with Crippen molar-refractivity contribution >= 4 is 28.6 Å². The third kappa shape index (κ3) is 9.27. The lowest BCUT2D eigenvalue weighted by Gasteiger charge is -1.80. The van der Waals surface area contributed by atoms with Gasteiger partial charge in [-0.2, -0.15) is 0 Å². The van der Waals surface area contributed by atoms with Crippen molar-refractivity contribution in [2.75, 3.05) is 0 Å². The predicted octanol–water partition coefficient (Wildman–Crippen LogP) is 3.24. The van der Waals surface area contributed by atoms with Crippen molar-refractivity contribution in [3.63, 3.8) is 0 Å². The van der Waals surface area contributed by atoms with E-state index in [1.165, 1.54) is 0 Å². The van der Waals surface area contributed by atoms with Gasteiger partial charge in [-0.05, 0) is 12.1 Å². The van der Waals surface area contributed by atoms with E-state index in [2.05, 4.69) is 11.6 Å². The Bertz CT molecular complexity index is 207. The molecule has 60 valence electrons. The molecule has 0 unspecified atom stereocenters. The normalized spacial score (nSPS) is 7.82. The van der Waals surface area contributed by atoms with Crippen molar-refractivity contribution in [1.29, 1.82) is 0 Å². The predicted molar refractivity (Wildman–Crippen MR) is 45.3 cm³/mol. The monoisotopic (exact) mass is 192 g/mol. The summed E-state index contributed by atoms with van der Waals surface area (Å²) in [5, 5.41) is 7.98. The van der Waals surface area contributed by atoms with Gasteiger partial charge in [0.05, 0.1) is 0 Å². The van der Waals surface area contributed by atoms with Crippen LogP contribution in [0.3, 0.4) is 0 Å². The van der Waals surface area contributed by atoms with Gasteiger partial charge in [0, 0.05) is 16.6 Å². The summed E-state index contributed by atoms with van der Waals surface area (Å²) in [7, 11) is 0. The fourth-order valence-corrected chi connectivity index (χ4v) is 0.560. The van der Waals surface area contributed by atoms with Crippen LogP contribution in [-0.4, -0.2) is 10.5 Å². The van der Waals surface area contributed by atoms with Crippen LogP contribution in [0, 0.1) is 0 Å². The van der Waals surface area contributed by atoms with E-state index in [-0.39, 0.29) is 0 Å². The highest BCUT2D eigenvalue weighted by molar-refractivity contribution is 6.60. The number of carbonyl (C=O) groups is 1. The largest absolute Gasteiger partial charge is 0.469 e. The van der Waals surface area contributed by atoms with Crippen LogP contribution in [-0.2, 0) is 0 Å². The molecule has 0 saturated carbocycles. The van der Waals surface area contributed by atoms with Gasteiger partial charge in [0.15, 0.2) is 0 Å². The van der Waals surface area contributed by atoms with E-state index >= 15 is 0 Å². The maximum absolute atomic E-state index is 8.77. The van der Waals surface area contributed by atoms with Crippen LogP contribution in [0.4, 0.5) is 4.79 Å². The van der Waals surface area contributed by atoms with Crippen LogP contribution in [0.5, 0.6) is 0 Å². The lowest BCUT2D eigenvalue weighted by Crippen LogP contribution is -1.66. The fourth-order valence-electron chi connectivity index (χ4n) is 0.415. The maximum Gasteiger partial charge on any atom is 0.401 e. The van der Waals surface area contributed by atoms with E-state index in [9.17, 15) is 0 Å². The van der Waals surface area contributed by atoms with Gasteiger partial charge in [-0.15, -0.1) is 0 Å². The molecule has 0 fully saturated rings. The van der Waals surface area contributed by atoms with E-state index in [4.69, 9.17) is 21.5 Å². The molecule has 1 rings (SSSR count). The topological polar surface area (TPSA) is 37.3 Å². The highest BCUT2D eigenvalue weighted by Crippen LogP contribution is 2.03. The summed E-state index contributed by atoms with van der Waals surface area (Å²) in [6, 6.07) is 9.44. The minimum Gasteiger partial charge on any atom is -0.469 e. The van der Waals surface area contributed by atoms with E-state index in [0.717, 1.165) is 5.02 Å². The Morgan fingerprint density at radius 3 is 1.82 bits per heavy atom. The minimum absolute atomic E-state index is 0.794. The first-order valence-electron chi connectivity index (χ1n) is 2.72. The first-order chi connectivity index (χ1) is 5.13. The molecule has 0 aromatic heterocycles. The van der Waals surface area contributed by atoms with Gasteiger partial charge in [0.1, 0.15) is 0 Å². The van der Waals surface area contributed by atoms with Gasteiger partial charge in [0.25, 0.3) is 0 Å². The van der Waals surface area contributed by atoms with E-state index in [1.54, 1.807) is 0 Å². The molecule has 0 amide bonds. The van der Waals surface area contributed by atoms with Crippen molar-refractivity contribution < 1.29 is 9.90 Å². The molecular weight excluding hydrogens is 187 g/mol. The van der Waals surface area contributed by atoms with E-state index in [1.807, 2.05) is 30.3 Å². The Labute approximate surface area is 74.4 Å². The molecule has 0 aliphatic heterocycles. The van der Waals surface area contributed by atoms with E-state index < -0.39 is 5.43 Å². The van der Waals surface area contributed by atoms with Gasteiger partial charge < -0.3 is 5.11 Å². The zero-order chi connectivity index (χ0) is 8.69. The van der Waals surface area contributed by atoms with Crippen LogP contribution in [0.1, 0.15) is 0 Å². The van der Waals surface area contributed by atoms with Crippen molar-refractivity contribution in [3.8, 4) is 0 Å². The van der Waals surface area contributed by atoms with Gasteiger partial charge in [0.2, 0.25) is 0 Å². The van der Waals surface area contributed by atoms with Gasteiger partial charge in [-0.1, -0.05) is 29.8 Å². The second kappa shape index (κ2) is 6.01. The smallest absolute Gasteiger partial charge is 0.401 e. The first-order valence-corrected chi connectivity index (χ1v) is 3.47. The molecule has 1 aromatic rings. The van der Waals surface area contributed by atoms with Crippen LogP contribution in [0.25, 0.3) is 0 Å². The lowest BCUT2D eigenvalue weighted by atomic mass is 10.4. The van der Waals surface area contributed by atoms with Gasteiger partial charge in [-0.3, -0.25) is 0 Å². The summed E-state index contributed by atoms with van der Waals surface area (Å²) in [5.41, 5.74) is -1.36. The number of carboxylic acid groups (broad SMARTS) is 1. The average Bonchev–Trinajstić information content (AvgIpc) is 1.87. The van der Waals surface area contributed by atoms with Crippen LogP contribution < -0.4 is 0 Å². The Balaban J connectivity index is 0.000000218. The average molecular weight is 193 g/mol. The lowest BCUT2D eigenvalue weighted by molar-refractivity contribution is 0.220. The van der Waals surface area contributed by atoms with Crippen molar-refractivity contribution in [2.45, 2.75) is 0 Å². The molecule has 4 heteroatoms. The van der Waals surface area contributed by atoms with Crippen LogP contribution in [0.15, 0.2) is 30.3 Å². The Morgan fingerprint density at radius 2 is 1.64 bits per heavy atom. The number of hydrogen-bond acceptors (Lipinski definition) is 1. The summed E-state index contributed by atoms with van der Waals surface area (Å²) in [4.78, 5) is 8.77. The summed E-state index contributed by atoms with van der Waals surface area (Å²) < 4.78 is 0. The minimum atomic E-state index is -1.36. The molecular formula is C7H6Cl2O2. The first kappa shape index (κ1) is 10.3. The van der Waals surface area contributed by atoms with E-state index in [0.29, 0.717) is 0 Å². The molecule has 0 aliphatic carbocycles. The summed E-state index contributed by atoms with van der Waals surface area (Å²) in [5.74, 6) is 0. The quantitative estimate of drug-likeness (QED) is 0.642. The Morgan fingerprint density at radius 1 is 1.27 bits per heavy atom. The third-order valence-corrected chi connectivity index (χ3v) is 0.985. The zero-order valence-corrected chi connectivity index (χ0v) is 7.01. The molecule has 0 radical (unpaired) electrons. The zero-order valence-electron chi connectivity index (χ0n) is 5.50. The maximum atomic E-state index is 8.77. The number of hydrogen-bond donors (Lipinski definition) is 1. The molecule has 0 heterocycles. The van der Waals surface area contributed by atoms with Crippen molar-refractivity contribution in [2.24, 2.45) is 0 Å². The molecule has 2 nitrogen and oxygen atoms in total. The van der Waals surface area contributed by atoms with Crippen molar-refractivity contribution in [3.05, 3.63) is 35.4 Å². The molecule has 0 spiro atoms. The van der Waals surface area contributed by atoms with Gasteiger partial charge >= 0.3 is 5.43 Å². The summed E-state index contributed by atoms with van der Waals surface area (Å²) in [6.07, 6.45) is 0. The molecule has 0 bridgehead atoms. The van der Waals surface area contributed by atoms with Gasteiger partial charge in [-0.25, -0.2) is 4.79 Å². The fraction of sp³-hybridized carbons (Fsp3) is 0. The molecule has 1 N–H and O–H groups in total. The summed E-state index contributed by atoms with van der Waals surface area (Å²) >= 11 is 9.73. The Hall–Kier alpha value is -0.730. The molecule has 0 atom stereocenters. The third-order valence-electron chi connectivity index (χ3n) is 0.733. The molecule has 11 heavy (non-hydrogen) atoms. The summed E-state index contributed by atoms with van der Waals surface area (Å²) in [6.45, 7) is 0. The van der Waals surface area contributed by atoms with Crippen LogP contribution in [0.2, 0.25) is 5.02 Å². The SMILES string of the molecule is Clc1ccccc1.O=C(O)Cl. The number of rotatable bonds is 0. The highest BCUT2D eigenvalue weighted by atomic mass is 35.5. The highest BCUT2D eigenvalue weighted by Gasteiger charge is 1.75. The molecule has 0 aliphatic rings. The Kier molecular flexibility index (Phi) is 5.61. The molecule has 0 saturated heterocycles. The second-order valence-electron chi connectivity index (χ2n) is 1.55. The van der Waals surface area contributed by atoms with Crippen molar-refractivity contribution in [1.82, 2.24) is 0 Å². The number of halogens is 2.